The zero-order chi connectivity index (χ0) is 18.7. The minimum absolute atomic E-state index is 0.0670. The summed E-state index contributed by atoms with van der Waals surface area (Å²) in [4.78, 5) is 12.2. The van der Waals surface area contributed by atoms with Crippen molar-refractivity contribution < 1.29 is 4.79 Å². The number of amides is 1. The van der Waals surface area contributed by atoms with Gasteiger partial charge in [0, 0.05) is 10.6 Å². The molecule has 2 aromatic carbocycles. The van der Waals surface area contributed by atoms with Crippen LogP contribution in [0.15, 0.2) is 47.6 Å². The summed E-state index contributed by atoms with van der Waals surface area (Å²) in [7, 11) is 0. The highest BCUT2D eigenvalue weighted by molar-refractivity contribution is 7.99. The number of nitrogens with zero attached hydrogens (tertiary/aromatic N) is 3. The van der Waals surface area contributed by atoms with Crippen molar-refractivity contribution in [2.45, 2.75) is 5.16 Å². The van der Waals surface area contributed by atoms with Crippen molar-refractivity contribution >= 4 is 58.2 Å². The smallest absolute Gasteiger partial charge is 0.234 e. The van der Waals surface area contributed by atoms with Crippen LogP contribution >= 0.6 is 46.6 Å². The molecule has 0 aliphatic rings. The molecule has 10 heteroatoms. The summed E-state index contributed by atoms with van der Waals surface area (Å²) in [6, 6.07) is 12.0. The highest BCUT2D eigenvalue weighted by Gasteiger charge is 2.15. The largest absolute Gasteiger partial charge is 0.335 e. The topological polar surface area (TPSA) is 85.8 Å². The highest BCUT2D eigenvalue weighted by Crippen LogP contribution is 2.30. The molecule has 0 saturated heterocycles. The molecule has 0 aliphatic heterocycles. The lowest BCUT2D eigenvalue weighted by molar-refractivity contribution is -0.113. The first-order valence-corrected chi connectivity index (χ1v) is 9.40. The van der Waals surface area contributed by atoms with Gasteiger partial charge in [-0.2, -0.15) is 0 Å². The van der Waals surface area contributed by atoms with Gasteiger partial charge in [-0.25, -0.2) is 4.68 Å². The third-order valence-corrected chi connectivity index (χ3v) is 5.15. The van der Waals surface area contributed by atoms with Crippen LogP contribution < -0.4 is 11.2 Å². The lowest BCUT2D eigenvalue weighted by Gasteiger charge is -2.08. The number of thioether (sulfide) groups is 1. The van der Waals surface area contributed by atoms with Gasteiger partial charge < -0.3 is 11.2 Å². The molecule has 0 spiro atoms. The summed E-state index contributed by atoms with van der Waals surface area (Å²) in [6.07, 6.45) is 0. The Morgan fingerprint density at radius 1 is 1.08 bits per heavy atom. The predicted octanol–water partition coefficient (Wildman–Crippen LogP) is 4.35. The number of carbonyl (C=O) groups is 1. The van der Waals surface area contributed by atoms with Gasteiger partial charge in [0.05, 0.1) is 21.5 Å². The first-order valence-electron chi connectivity index (χ1n) is 7.29. The Bertz CT molecular complexity index is 925. The van der Waals surface area contributed by atoms with Crippen molar-refractivity contribution in [2.75, 3.05) is 16.9 Å². The van der Waals surface area contributed by atoms with Crippen molar-refractivity contribution in [2.24, 2.45) is 0 Å². The van der Waals surface area contributed by atoms with Crippen LogP contribution in [-0.4, -0.2) is 26.5 Å². The second kappa shape index (κ2) is 8.18. The number of nitrogen functional groups attached to an aromatic ring is 1. The Labute approximate surface area is 168 Å². The number of carbonyl (C=O) groups excluding carboxylic acids is 1. The van der Waals surface area contributed by atoms with Crippen LogP contribution in [0.2, 0.25) is 15.1 Å². The summed E-state index contributed by atoms with van der Waals surface area (Å²) in [5, 5.41) is 12.5. The lowest BCUT2D eigenvalue weighted by atomic mass is 10.2. The first kappa shape index (κ1) is 18.8. The molecule has 26 heavy (non-hydrogen) atoms. The summed E-state index contributed by atoms with van der Waals surface area (Å²) in [6.45, 7) is 0. The maximum absolute atomic E-state index is 12.2. The molecule has 0 bridgehead atoms. The molecule has 1 aromatic heterocycles. The molecule has 0 aliphatic carbocycles. The van der Waals surface area contributed by atoms with E-state index in [1.807, 2.05) is 0 Å². The molecule has 6 nitrogen and oxygen atoms in total. The van der Waals surface area contributed by atoms with Gasteiger partial charge in [-0.3, -0.25) is 4.79 Å². The third kappa shape index (κ3) is 4.24. The van der Waals surface area contributed by atoms with E-state index in [0.717, 1.165) is 17.3 Å². The normalized spacial score (nSPS) is 10.7. The Morgan fingerprint density at radius 3 is 2.38 bits per heavy atom. The number of benzene rings is 2. The SMILES string of the molecule is Nn1c(SCC(=O)Nc2c(Cl)cccc2Cl)nnc1-c1ccc(Cl)cc1. The first-order chi connectivity index (χ1) is 12.5. The molecule has 134 valence electrons. The zero-order valence-corrected chi connectivity index (χ0v) is 16.2. The van der Waals surface area contributed by atoms with E-state index in [4.69, 9.17) is 40.6 Å². The monoisotopic (exact) mass is 427 g/mol. The average Bonchev–Trinajstić information content (AvgIpc) is 2.98. The molecule has 1 amide bonds. The van der Waals surface area contributed by atoms with Gasteiger partial charge in [0.25, 0.3) is 0 Å². The fourth-order valence-corrected chi connectivity index (χ4v) is 3.37. The number of halogens is 3. The van der Waals surface area contributed by atoms with E-state index < -0.39 is 0 Å². The number of hydrogen-bond donors (Lipinski definition) is 2. The van der Waals surface area contributed by atoms with E-state index in [1.165, 1.54) is 4.68 Å². The Morgan fingerprint density at radius 2 is 1.73 bits per heavy atom. The molecule has 0 fully saturated rings. The van der Waals surface area contributed by atoms with Gasteiger partial charge in [-0.15, -0.1) is 10.2 Å². The van der Waals surface area contributed by atoms with Crippen molar-refractivity contribution in [1.29, 1.82) is 0 Å². The second-order valence-electron chi connectivity index (χ2n) is 5.12. The minimum atomic E-state index is -0.291. The molecule has 0 radical (unpaired) electrons. The van der Waals surface area contributed by atoms with E-state index in [1.54, 1.807) is 42.5 Å². The third-order valence-electron chi connectivity index (χ3n) is 3.33. The predicted molar refractivity (Wildman–Crippen MR) is 106 cm³/mol. The quantitative estimate of drug-likeness (QED) is 0.466. The Hall–Kier alpha value is -1.93. The van der Waals surface area contributed by atoms with Crippen LogP contribution in [0.25, 0.3) is 11.4 Å². The second-order valence-corrected chi connectivity index (χ2v) is 7.31. The van der Waals surface area contributed by atoms with E-state index in [-0.39, 0.29) is 11.7 Å². The van der Waals surface area contributed by atoms with E-state index in [0.29, 0.717) is 31.7 Å². The van der Waals surface area contributed by atoms with Crippen LogP contribution in [0.5, 0.6) is 0 Å². The molecule has 3 rings (SSSR count). The summed E-state index contributed by atoms with van der Waals surface area (Å²) >= 11 is 19.1. The van der Waals surface area contributed by atoms with Crippen molar-refractivity contribution in [3.05, 3.63) is 57.5 Å². The number of rotatable bonds is 5. The fourth-order valence-electron chi connectivity index (χ4n) is 2.09. The van der Waals surface area contributed by atoms with Gasteiger partial charge in [-0.05, 0) is 36.4 Å². The van der Waals surface area contributed by atoms with Crippen molar-refractivity contribution in [3.8, 4) is 11.4 Å². The number of nitrogens with one attached hydrogen (secondary N) is 1. The van der Waals surface area contributed by atoms with E-state index >= 15 is 0 Å². The van der Waals surface area contributed by atoms with Crippen LogP contribution in [-0.2, 0) is 4.79 Å². The molecule has 0 atom stereocenters. The molecular formula is C16H12Cl3N5OS. The summed E-state index contributed by atoms with van der Waals surface area (Å²) < 4.78 is 1.32. The average molecular weight is 429 g/mol. The van der Waals surface area contributed by atoms with Crippen LogP contribution in [0.1, 0.15) is 0 Å². The summed E-state index contributed by atoms with van der Waals surface area (Å²) in [5.74, 6) is 6.27. The molecule has 0 saturated carbocycles. The summed E-state index contributed by atoms with van der Waals surface area (Å²) in [5.41, 5.74) is 1.14. The Kier molecular flexibility index (Phi) is 5.93. The fraction of sp³-hybridized carbons (Fsp3) is 0.0625. The van der Waals surface area contributed by atoms with Crippen LogP contribution in [0, 0.1) is 0 Å². The Balaban J connectivity index is 1.67. The maximum Gasteiger partial charge on any atom is 0.234 e. The van der Waals surface area contributed by atoms with Crippen molar-refractivity contribution in [3.63, 3.8) is 0 Å². The highest BCUT2D eigenvalue weighted by atomic mass is 35.5. The molecular weight excluding hydrogens is 417 g/mol. The number of hydrogen-bond acceptors (Lipinski definition) is 5. The van der Waals surface area contributed by atoms with Gasteiger partial charge in [0.15, 0.2) is 5.82 Å². The molecule has 3 aromatic rings. The molecule has 1 heterocycles. The molecule has 3 N–H and O–H groups in total. The number of anilines is 1. The van der Waals surface area contributed by atoms with Gasteiger partial charge in [-0.1, -0.05) is 52.6 Å². The minimum Gasteiger partial charge on any atom is -0.335 e. The zero-order valence-electron chi connectivity index (χ0n) is 13.1. The maximum atomic E-state index is 12.2. The number of aromatic nitrogens is 3. The molecule has 0 unspecified atom stereocenters. The van der Waals surface area contributed by atoms with Crippen LogP contribution in [0.4, 0.5) is 5.69 Å². The standard InChI is InChI=1S/C16H12Cl3N5OS/c17-10-6-4-9(5-7-10)15-22-23-16(24(15)20)26-8-13(25)21-14-11(18)2-1-3-12(14)19/h1-7H,8,20H2,(H,21,25). The van der Waals surface area contributed by atoms with E-state index in [9.17, 15) is 4.79 Å². The number of para-hydroxylation sites is 1. The van der Waals surface area contributed by atoms with Gasteiger partial charge in [0.1, 0.15) is 0 Å². The van der Waals surface area contributed by atoms with E-state index in [2.05, 4.69) is 15.5 Å². The van der Waals surface area contributed by atoms with Crippen molar-refractivity contribution in [1.82, 2.24) is 14.9 Å². The lowest BCUT2D eigenvalue weighted by Crippen LogP contribution is -2.16. The number of nitrogens with two attached hydrogens (primary N) is 1. The van der Waals surface area contributed by atoms with Gasteiger partial charge >= 0.3 is 0 Å². The van der Waals surface area contributed by atoms with Crippen LogP contribution in [0.3, 0.4) is 0 Å². The van der Waals surface area contributed by atoms with Gasteiger partial charge in [0.2, 0.25) is 11.1 Å².